The maximum atomic E-state index is 16.6. The summed E-state index contributed by atoms with van der Waals surface area (Å²) >= 11 is 5.13. The number of imide groups is 1. The quantitative estimate of drug-likeness (QED) is 0.0455. The van der Waals surface area contributed by atoms with Crippen LogP contribution in [0.5, 0.6) is 0 Å². The second kappa shape index (κ2) is 23.3. The average Bonchev–Trinajstić information content (AvgIpc) is 4.05. The summed E-state index contributed by atoms with van der Waals surface area (Å²) in [4.78, 5) is 124. The van der Waals surface area contributed by atoms with Crippen LogP contribution in [0.1, 0.15) is 58.4 Å². The number of rotatable bonds is 18. The molecular formula is C39H52F2N12O16P2S. The zero-order valence-electron chi connectivity index (χ0n) is 38.3. The average molecular weight is 1080 g/mol. The van der Waals surface area contributed by atoms with E-state index in [-0.39, 0.29) is 60.6 Å². The van der Waals surface area contributed by atoms with Crippen molar-refractivity contribution in [2.45, 2.75) is 107 Å². The van der Waals surface area contributed by atoms with Crippen LogP contribution >= 0.6 is 14.5 Å². The SMILES string of the molecule is CC(C)C(NCCCCCN1C(=O)C=CC1=O)C(=O)NC(CCCNC(N)=O)C(=O)Nc1ncnc2c1ncn2[C@@H]1O[C@@H]2COP(O)(=S)O[C@H]3[C@@H](F)[C@H](n4ccc(=O)[nH]c4=O)O[C@@H]3COP(=O)(O)O[C@H]2[C@H]1F. The molecule has 3 fully saturated rings. The number of hydrogen-bond donors (Lipinski definition) is 8. The first-order valence-electron chi connectivity index (χ1n) is 22.4. The van der Waals surface area contributed by atoms with E-state index in [1.165, 1.54) is 12.2 Å². The molecule has 0 spiro atoms. The predicted molar refractivity (Wildman–Crippen MR) is 246 cm³/mol. The molecule has 0 aromatic carbocycles. The van der Waals surface area contributed by atoms with Crippen LogP contribution in [-0.2, 0) is 63.1 Å². The number of nitrogens with one attached hydrogen (secondary N) is 5. The van der Waals surface area contributed by atoms with E-state index in [1.54, 1.807) is 13.8 Å². The van der Waals surface area contributed by atoms with Crippen molar-refractivity contribution in [2.75, 3.05) is 38.2 Å². The fraction of sp³-hybridized carbons (Fsp3) is 0.590. The second-order valence-electron chi connectivity index (χ2n) is 17.1. The highest BCUT2D eigenvalue weighted by Gasteiger charge is 2.54. The molecule has 4 aliphatic heterocycles. The summed E-state index contributed by atoms with van der Waals surface area (Å²) in [6.07, 6.45) is -7.96. The number of fused-ring (bicyclic) bond motifs is 3. The van der Waals surface area contributed by atoms with Crippen molar-refractivity contribution < 1.29 is 74.7 Å². The predicted octanol–water partition coefficient (Wildman–Crippen LogP) is -0.437. The molecule has 7 heterocycles. The van der Waals surface area contributed by atoms with E-state index >= 15 is 8.78 Å². The number of ether oxygens (including phenoxy) is 2. The maximum Gasteiger partial charge on any atom is 0.472 e. The van der Waals surface area contributed by atoms with Crippen molar-refractivity contribution in [1.82, 2.24) is 49.9 Å². The molecular weight excluding hydrogens is 1020 g/mol. The van der Waals surface area contributed by atoms with Crippen molar-refractivity contribution in [3.63, 3.8) is 0 Å². The molecule has 0 radical (unpaired) electrons. The van der Waals surface area contributed by atoms with Crippen LogP contribution in [0.25, 0.3) is 11.2 Å². The number of amides is 6. The molecule has 0 aliphatic carbocycles. The summed E-state index contributed by atoms with van der Waals surface area (Å²) in [6.45, 7) is -2.04. The van der Waals surface area contributed by atoms with Gasteiger partial charge in [0.05, 0.1) is 25.6 Å². The monoisotopic (exact) mass is 1080 g/mol. The van der Waals surface area contributed by atoms with Crippen LogP contribution < -0.4 is 38.2 Å². The van der Waals surface area contributed by atoms with Crippen LogP contribution in [0.2, 0.25) is 0 Å². The summed E-state index contributed by atoms with van der Waals surface area (Å²) < 4.78 is 80.3. The zero-order valence-corrected chi connectivity index (χ0v) is 40.9. The van der Waals surface area contributed by atoms with E-state index in [9.17, 15) is 47.9 Å². The van der Waals surface area contributed by atoms with Crippen molar-refractivity contribution in [3.05, 3.63) is 57.9 Å². The molecule has 72 heavy (non-hydrogen) atoms. The minimum atomic E-state index is -5.30. The van der Waals surface area contributed by atoms with Crippen LogP contribution in [0.3, 0.4) is 0 Å². The molecule has 394 valence electrons. The molecule has 0 bridgehead atoms. The Hall–Kier alpha value is -5.30. The number of carbonyl (C=O) groups excluding carboxylic acids is 5. The Bertz CT molecular complexity index is 2750. The number of unbranched alkanes of at least 4 members (excludes halogenated alkanes) is 2. The lowest BCUT2D eigenvalue weighted by Gasteiger charge is -2.28. The lowest BCUT2D eigenvalue weighted by Crippen LogP contribution is -2.53. The number of phosphoric acid groups is 1. The number of urea groups is 1. The van der Waals surface area contributed by atoms with E-state index in [0.29, 0.717) is 30.4 Å². The van der Waals surface area contributed by atoms with E-state index in [1.807, 2.05) is 4.98 Å². The van der Waals surface area contributed by atoms with E-state index < -0.39 is 118 Å². The summed E-state index contributed by atoms with van der Waals surface area (Å²) in [5.41, 5.74) is 3.09. The first-order valence-corrected chi connectivity index (χ1v) is 26.5. The van der Waals surface area contributed by atoms with Gasteiger partial charge in [-0.05, 0) is 50.0 Å². The number of aromatic nitrogens is 6. The lowest BCUT2D eigenvalue weighted by atomic mass is 10.0. The molecule has 3 aromatic heterocycles. The van der Waals surface area contributed by atoms with Gasteiger partial charge in [0, 0.05) is 37.5 Å². The topological polar surface area (TPSA) is 374 Å². The molecule has 0 saturated carbocycles. The standard InChI is InChI=1S/C39H52F2N12O16P2S/c1-19(2)28(43-11-4-3-5-13-51-24(55)8-9-25(51)56)35(58)48-20(7-6-12-44-38(42)59)34(57)50-32-29-33(46-17-45-32)53(18-47-29)37-26(40)30-22(67-37)16-65-71(63,72)69-31-21(15-64-70(61,62)68-30)66-36(27(31)41)52-14-10-23(54)49-39(52)60/h8-10,14,17-22,26-28,30-31,36-37,43H,3-7,11-13,15-16H2,1-2H3,(H,48,58)(H,61,62)(H,63,72)(H3,42,44,59)(H,49,54,60)(H,45,46,50,57)/t20?,21-,22-,26-,27-,28?,30-,31-,36-,37-,71?/m1/s1. The molecule has 28 nitrogen and oxygen atoms in total. The number of halogens is 2. The van der Waals surface area contributed by atoms with Gasteiger partial charge in [0.1, 0.15) is 36.8 Å². The van der Waals surface area contributed by atoms with Crippen molar-refractivity contribution in [3.8, 4) is 0 Å². The van der Waals surface area contributed by atoms with Gasteiger partial charge in [0.2, 0.25) is 11.8 Å². The molecule has 33 heteroatoms. The fourth-order valence-electron chi connectivity index (χ4n) is 8.18. The van der Waals surface area contributed by atoms with Crippen LogP contribution in [0, 0.1) is 5.92 Å². The number of primary amides is 1. The number of hydrogen-bond acceptors (Lipinski definition) is 19. The smallest absolute Gasteiger partial charge is 0.352 e. The van der Waals surface area contributed by atoms with Gasteiger partial charge < -0.3 is 50.8 Å². The molecule has 6 amide bonds. The van der Waals surface area contributed by atoms with Gasteiger partial charge in [-0.15, -0.1) is 0 Å². The molecule has 3 saturated heterocycles. The van der Waals surface area contributed by atoms with Gasteiger partial charge in [-0.3, -0.25) is 56.6 Å². The Morgan fingerprint density at radius 2 is 1.57 bits per heavy atom. The normalized spacial score (nSPS) is 29.6. The van der Waals surface area contributed by atoms with E-state index in [2.05, 4.69) is 36.2 Å². The Balaban J connectivity index is 1.03. The third kappa shape index (κ3) is 13.1. The number of H-pyrrole nitrogens is 1. The Kier molecular flexibility index (Phi) is 17.6. The van der Waals surface area contributed by atoms with Gasteiger partial charge in [0.25, 0.3) is 17.4 Å². The molecule has 3 aromatic rings. The molecule has 4 aliphatic rings. The van der Waals surface area contributed by atoms with E-state index in [4.69, 9.17) is 45.1 Å². The zero-order chi connectivity index (χ0) is 52.1. The summed E-state index contributed by atoms with van der Waals surface area (Å²) in [6, 6.07) is -1.88. The molecule has 9 N–H and O–H groups in total. The lowest BCUT2D eigenvalue weighted by molar-refractivity contribution is -0.137. The van der Waals surface area contributed by atoms with E-state index in [0.717, 1.165) is 34.4 Å². The van der Waals surface area contributed by atoms with Gasteiger partial charge in [0.15, 0.2) is 41.8 Å². The van der Waals surface area contributed by atoms with Crippen molar-refractivity contribution in [2.24, 2.45) is 11.7 Å². The number of anilines is 1. The van der Waals surface area contributed by atoms with Gasteiger partial charge in [-0.1, -0.05) is 20.3 Å². The van der Waals surface area contributed by atoms with Crippen molar-refractivity contribution >= 4 is 73.0 Å². The minimum absolute atomic E-state index is 0.00487. The number of phosphoric ester groups is 1. The van der Waals surface area contributed by atoms with Gasteiger partial charge in [-0.2, -0.15) is 0 Å². The highest BCUT2D eigenvalue weighted by atomic mass is 32.5. The minimum Gasteiger partial charge on any atom is -0.352 e. The van der Waals surface area contributed by atoms with Crippen molar-refractivity contribution in [1.29, 1.82) is 0 Å². The van der Waals surface area contributed by atoms with Gasteiger partial charge >= 0.3 is 26.3 Å². The summed E-state index contributed by atoms with van der Waals surface area (Å²) in [5, 5.41) is 11.0. The molecule has 7 rings (SSSR count). The first-order chi connectivity index (χ1) is 34.1. The highest BCUT2D eigenvalue weighted by molar-refractivity contribution is 8.07. The van der Waals surface area contributed by atoms with Gasteiger partial charge in [-0.25, -0.2) is 37.9 Å². The molecule has 4 unspecified atom stereocenters. The number of imidazole rings is 1. The Morgan fingerprint density at radius 3 is 2.24 bits per heavy atom. The summed E-state index contributed by atoms with van der Waals surface area (Å²) in [5.74, 6) is -2.46. The number of aromatic amines is 1. The Labute approximate surface area is 411 Å². The first kappa shape index (κ1) is 54.5. The number of nitrogens with zero attached hydrogens (tertiary/aromatic N) is 6. The summed E-state index contributed by atoms with van der Waals surface area (Å²) in [7, 11) is -5.30. The maximum absolute atomic E-state index is 16.6. The Morgan fingerprint density at radius 1 is 0.903 bits per heavy atom. The second-order valence-corrected chi connectivity index (χ2v) is 21.3. The number of alkyl halides is 2. The highest BCUT2D eigenvalue weighted by Crippen LogP contribution is 2.54. The fourth-order valence-corrected chi connectivity index (χ4v) is 10.6. The van der Waals surface area contributed by atoms with Crippen LogP contribution in [-0.4, -0.2) is 155 Å². The van der Waals surface area contributed by atoms with Crippen LogP contribution in [0.4, 0.5) is 19.4 Å². The van der Waals surface area contributed by atoms with Crippen LogP contribution in [0.15, 0.2) is 46.7 Å². The molecule has 12 atom stereocenters. The number of carbonyl (C=O) groups is 5. The number of nitrogens with two attached hydrogens (primary N) is 1. The largest absolute Gasteiger partial charge is 0.472 e. The third-order valence-corrected chi connectivity index (χ3v) is 14.3. The third-order valence-electron chi connectivity index (χ3n) is 11.7.